The van der Waals surface area contributed by atoms with Crippen molar-refractivity contribution in [3.63, 3.8) is 0 Å². The first-order valence-electron chi connectivity index (χ1n) is 8.23. The highest BCUT2D eigenvalue weighted by Crippen LogP contribution is 2.32. The Morgan fingerprint density at radius 3 is 2.92 bits per heavy atom. The Kier molecular flexibility index (Phi) is 4.07. The van der Waals surface area contributed by atoms with E-state index in [0.29, 0.717) is 18.5 Å². The van der Waals surface area contributed by atoms with Crippen molar-refractivity contribution in [2.24, 2.45) is 0 Å². The number of rotatable bonds is 5. The molecule has 0 bridgehead atoms. The van der Waals surface area contributed by atoms with Crippen molar-refractivity contribution in [2.75, 3.05) is 0 Å². The summed E-state index contributed by atoms with van der Waals surface area (Å²) in [4.78, 5) is 16.6. The second-order valence-electron chi connectivity index (χ2n) is 6.30. The van der Waals surface area contributed by atoms with Crippen LogP contribution in [-0.4, -0.2) is 42.5 Å². The molecule has 128 valence electrons. The van der Waals surface area contributed by atoms with E-state index < -0.39 is 6.10 Å². The zero-order valence-corrected chi connectivity index (χ0v) is 13.6. The van der Waals surface area contributed by atoms with Gasteiger partial charge < -0.3 is 15.0 Å². The first-order valence-corrected chi connectivity index (χ1v) is 8.23. The lowest BCUT2D eigenvalue weighted by molar-refractivity contribution is -0.00588. The van der Waals surface area contributed by atoms with Crippen LogP contribution in [0.2, 0.25) is 0 Å². The average molecular weight is 337 g/mol. The highest BCUT2D eigenvalue weighted by Gasteiger charge is 2.42. The maximum atomic E-state index is 12.6. The van der Waals surface area contributed by atoms with E-state index in [1.807, 2.05) is 35.0 Å². The number of hydrogen-bond acceptors (Lipinski definition) is 4. The van der Waals surface area contributed by atoms with Crippen molar-refractivity contribution in [1.29, 1.82) is 0 Å². The second-order valence-corrected chi connectivity index (χ2v) is 6.30. The molecule has 25 heavy (non-hydrogen) atoms. The molecular formula is C18H19N5O2. The van der Waals surface area contributed by atoms with Crippen LogP contribution in [0, 0.1) is 0 Å². The number of aliphatic hydroxyl groups is 1. The summed E-state index contributed by atoms with van der Waals surface area (Å²) >= 11 is 0. The van der Waals surface area contributed by atoms with E-state index in [9.17, 15) is 9.90 Å². The fourth-order valence-corrected chi connectivity index (χ4v) is 3.23. The zero-order valence-electron chi connectivity index (χ0n) is 13.6. The Bertz CT molecular complexity index is 844. The molecule has 1 aromatic carbocycles. The minimum absolute atomic E-state index is 0.125. The first-order chi connectivity index (χ1) is 12.2. The minimum atomic E-state index is -0.488. The number of carbonyl (C=O) groups is 1. The maximum Gasteiger partial charge on any atom is 0.251 e. The summed E-state index contributed by atoms with van der Waals surface area (Å²) in [7, 11) is 0. The molecule has 0 unspecified atom stereocenters. The van der Waals surface area contributed by atoms with Crippen LogP contribution >= 0.6 is 0 Å². The van der Waals surface area contributed by atoms with Crippen LogP contribution in [0.5, 0.6) is 0 Å². The van der Waals surface area contributed by atoms with Gasteiger partial charge in [0.25, 0.3) is 5.91 Å². The fourth-order valence-electron chi connectivity index (χ4n) is 3.23. The Hall–Kier alpha value is -2.93. The largest absolute Gasteiger partial charge is 0.391 e. The molecule has 0 radical (unpaired) electrons. The van der Waals surface area contributed by atoms with Crippen LogP contribution in [0.1, 0.15) is 28.4 Å². The standard InChI is InChI=1S/C18H19N5O2/c24-16-10-15(17(16)23-7-2-5-20-23)21-18(25)14-4-1-3-13(9-14)11-22-8-6-19-12-22/h1-9,12,15-17,24H,10-11H2,(H,21,25)/t15-,16+,17+/m0/s1. The van der Waals surface area contributed by atoms with Gasteiger partial charge in [-0.1, -0.05) is 12.1 Å². The summed E-state index contributed by atoms with van der Waals surface area (Å²) in [5.41, 5.74) is 1.64. The van der Waals surface area contributed by atoms with Crippen LogP contribution in [0.3, 0.4) is 0 Å². The molecule has 2 N–H and O–H groups in total. The van der Waals surface area contributed by atoms with Gasteiger partial charge in [0.2, 0.25) is 0 Å². The predicted molar refractivity (Wildman–Crippen MR) is 90.9 cm³/mol. The molecule has 1 aliphatic carbocycles. The first kappa shape index (κ1) is 15.6. The van der Waals surface area contributed by atoms with Crippen LogP contribution in [-0.2, 0) is 6.54 Å². The lowest BCUT2D eigenvalue weighted by Gasteiger charge is -2.41. The zero-order chi connectivity index (χ0) is 17.2. The Labute approximate surface area is 144 Å². The monoisotopic (exact) mass is 337 g/mol. The van der Waals surface area contributed by atoms with Gasteiger partial charge in [-0.2, -0.15) is 5.10 Å². The molecule has 7 nitrogen and oxygen atoms in total. The van der Waals surface area contributed by atoms with E-state index >= 15 is 0 Å². The number of nitrogens with zero attached hydrogens (tertiary/aromatic N) is 4. The number of nitrogens with one attached hydrogen (secondary N) is 1. The smallest absolute Gasteiger partial charge is 0.251 e. The van der Waals surface area contributed by atoms with Crippen LogP contribution in [0.25, 0.3) is 0 Å². The maximum absolute atomic E-state index is 12.6. The van der Waals surface area contributed by atoms with Gasteiger partial charge in [0.05, 0.1) is 24.5 Å². The molecule has 1 fully saturated rings. The molecular weight excluding hydrogens is 318 g/mol. The van der Waals surface area contributed by atoms with Crippen molar-refractivity contribution in [2.45, 2.75) is 31.2 Å². The van der Waals surface area contributed by atoms with E-state index in [-0.39, 0.29) is 18.0 Å². The number of hydrogen-bond donors (Lipinski definition) is 2. The molecule has 7 heteroatoms. The Morgan fingerprint density at radius 1 is 1.28 bits per heavy atom. The van der Waals surface area contributed by atoms with E-state index in [1.165, 1.54) is 0 Å². The number of aromatic nitrogens is 4. The quantitative estimate of drug-likeness (QED) is 0.733. The highest BCUT2D eigenvalue weighted by atomic mass is 16.3. The normalized spacial score (nSPS) is 22.4. The van der Waals surface area contributed by atoms with Gasteiger partial charge in [0, 0.05) is 36.9 Å². The van der Waals surface area contributed by atoms with Crippen molar-refractivity contribution in [3.8, 4) is 0 Å². The van der Waals surface area contributed by atoms with Gasteiger partial charge >= 0.3 is 0 Å². The summed E-state index contributed by atoms with van der Waals surface area (Å²) in [6, 6.07) is 9.01. The summed E-state index contributed by atoms with van der Waals surface area (Å²) in [5.74, 6) is -0.137. The number of benzene rings is 1. The van der Waals surface area contributed by atoms with Crippen LogP contribution in [0.4, 0.5) is 0 Å². The van der Waals surface area contributed by atoms with Crippen LogP contribution < -0.4 is 5.32 Å². The molecule has 0 spiro atoms. The number of amides is 1. The van der Waals surface area contributed by atoms with Gasteiger partial charge in [-0.3, -0.25) is 9.48 Å². The third-order valence-electron chi connectivity index (χ3n) is 4.56. The minimum Gasteiger partial charge on any atom is -0.391 e. The Morgan fingerprint density at radius 2 is 2.20 bits per heavy atom. The molecule has 0 saturated heterocycles. The van der Waals surface area contributed by atoms with Crippen molar-refractivity contribution in [1.82, 2.24) is 24.6 Å². The molecule has 2 aromatic heterocycles. The SMILES string of the molecule is O=C(N[C@H]1C[C@@H](O)[C@@H]1n1cccn1)c1cccc(Cn2ccnc2)c1. The summed E-state index contributed by atoms with van der Waals surface area (Å²) in [6.45, 7) is 0.666. The van der Waals surface area contributed by atoms with Gasteiger partial charge in [0.1, 0.15) is 0 Å². The van der Waals surface area contributed by atoms with Gasteiger partial charge in [-0.15, -0.1) is 0 Å². The molecule has 1 amide bonds. The molecule has 4 rings (SSSR count). The molecule has 1 saturated carbocycles. The van der Waals surface area contributed by atoms with Crippen molar-refractivity contribution >= 4 is 5.91 Å². The van der Waals surface area contributed by atoms with E-state index in [4.69, 9.17) is 0 Å². The van der Waals surface area contributed by atoms with Crippen molar-refractivity contribution in [3.05, 3.63) is 72.6 Å². The number of carbonyl (C=O) groups excluding carboxylic acids is 1. The van der Waals surface area contributed by atoms with Gasteiger partial charge in [-0.25, -0.2) is 4.98 Å². The summed E-state index contributed by atoms with van der Waals surface area (Å²) in [6.07, 6.45) is 8.88. The Balaban J connectivity index is 1.44. The van der Waals surface area contributed by atoms with Gasteiger partial charge in [0.15, 0.2) is 0 Å². The second kappa shape index (κ2) is 6.52. The molecule has 3 aromatic rings. The molecule has 2 heterocycles. The van der Waals surface area contributed by atoms with Crippen molar-refractivity contribution < 1.29 is 9.90 Å². The van der Waals surface area contributed by atoms with E-state index in [2.05, 4.69) is 15.4 Å². The number of aliphatic hydroxyl groups excluding tert-OH is 1. The number of imidazole rings is 1. The summed E-state index contributed by atoms with van der Waals surface area (Å²) < 4.78 is 3.65. The molecule has 0 aliphatic heterocycles. The topological polar surface area (TPSA) is 85.0 Å². The van der Waals surface area contributed by atoms with Gasteiger partial charge in [-0.05, 0) is 30.2 Å². The lowest BCUT2D eigenvalue weighted by Crippen LogP contribution is -2.56. The van der Waals surface area contributed by atoms with E-state index in [0.717, 1.165) is 5.56 Å². The van der Waals surface area contributed by atoms with E-state index in [1.54, 1.807) is 35.7 Å². The lowest BCUT2D eigenvalue weighted by atomic mass is 9.83. The molecule has 3 atom stereocenters. The average Bonchev–Trinajstić information content (AvgIpc) is 3.28. The highest BCUT2D eigenvalue weighted by molar-refractivity contribution is 5.94. The predicted octanol–water partition coefficient (Wildman–Crippen LogP) is 1.23. The fraction of sp³-hybridized carbons (Fsp3) is 0.278. The molecule has 1 aliphatic rings. The van der Waals surface area contributed by atoms with Crippen LogP contribution in [0.15, 0.2) is 61.4 Å². The third kappa shape index (κ3) is 3.18. The summed E-state index contributed by atoms with van der Waals surface area (Å²) in [5, 5.41) is 17.2. The third-order valence-corrected chi connectivity index (χ3v) is 4.56.